The molecule has 0 amide bonds. The predicted molar refractivity (Wildman–Crippen MR) is 77.4 cm³/mol. The molecule has 1 N–H and O–H groups in total. The van der Waals surface area contributed by atoms with Gasteiger partial charge in [-0.25, -0.2) is 0 Å². The zero-order valence-electron chi connectivity index (χ0n) is 17.2. The Morgan fingerprint density at radius 2 is 2.42 bits per heavy atom. The molecule has 2 atom stereocenters. The van der Waals surface area contributed by atoms with Crippen molar-refractivity contribution in [1.29, 1.82) is 0 Å². The first-order valence-corrected chi connectivity index (χ1v) is 6.65. The van der Waals surface area contributed by atoms with E-state index >= 15 is 0 Å². The van der Waals surface area contributed by atoms with Crippen molar-refractivity contribution < 1.29 is 18.1 Å². The second-order valence-corrected chi connectivity index (χ2v) is 5.38. The van der Waals surface area contributed by atoms with Crippen LogP contribution in [-0.4, -0.2) is 37.6 Å². The number of hydrogen-bond acceptors (Lipinski definition) is 3. The summed E-state index contributed by atoms with van der Waals surface area (Å²) in [4.78, 5) is 1.27. The smallest absolute Gasteiger partial charge is 0.119 e. The molecule has 1 aromatic carbocycles. The zero-order valence-corrected chi connectivity index (χ0v) is 11.2. The summed E-state index contributed by atoms with van der Waals surface area (Å²) in [5, 5.41) is 11.3. The van der Waals surface area contributed by atoms with Crippen LogP contribution in [0, 0.1) is 5.92 Å². The molecule has 3 nitrogen and oxygen atoms in total. The highest BCUT2D eigenvalue weighted by Gasteiger charge is 2.40. The quantitative estimate of drug-likeness (QED) is 0.912. The van der Waals surface area contributed by atoms with Crippen LogP contribution in [0.4, 0.5) is 0 Å². The molecule has 1 aliphatic carbocycles. The van der Waals surface area contributed by atoms with Crippen LogP contribution in [0.25, 0.3) is 0 Å². The van der Waals surface area contributed by atoms with E-state index in [1.807, 2.05) is 0 Å². The molecule has 0 radical (unpaired) electrons. The van der Waals surface area contributed by atoms with Crippen LogP contribution in [0.3, 0.4) is 0 Å². The first-order chi connectivity index (χ1) is 11.4. The summed E-state index contributed by atoms with van der Waals surface area (Å²) in [7, 11) is -1.04. The van der Waals surface area contributed by atoms with Gasteiger partial charge in [-0.1, -0.05) is 25.0 Å². The number of rotatable bonds is 4. The molecule has 1 aromatic rings. The van der Waals surface area contributed by atoms with Crippen LogP contribution in [-0.2, 0) is 5.60 Å². The number of benzene rings is 1. The molecule has 0 bridgehead atoms. The fraction of sp³-hybridized carbons (Fsp3) is 0.625. The Labute approximate surface area is 124 Å². The lowest BCUT2D eigenvalue weighted by atomic mass is 9.71. The molecule has 2 rings (SSSR count). The molecule has 0 aliphatic heterocycles. The highest BCUT2D eigenvalue weighted by atomic mass is 16.5. The summed E-state index contributed by atoms with van der Waals surface area (Å²) in [6, 6.07) is 6.46. The van der Waals surface area contributed by atoms with E-state index in [2.05, 4.69) is 0 Å². The van der Waals surface area contributed by atoms with Crippen LogP contribution in [0.1, 0.15) is 39.5 Å². The number of hydrogen-bond donors (Lipinski definition) is 1. The van der Waals surface area contributed by atoms with Crippen molar-refractivity contribution in [2.75, 3.05) is 27.6 Å². The molecular weight excluding hydrogens is 238 g/mol. The standard InChI is InChI=1S/C16H25NO2/c1-17(2)12-14-7-4-5-10-16(14,18)13-8-6-9-15(11-13)19-3/h6,8-9,11,14,18H,4-5,7,10,12H2,1-3H3/t14-,16+/m0/s1/i1D3,3D3. The average molecular weight is 269 g/mol. The summed E-state index contributed by atoms with van der Waals surface area (Å²) >= 11 is 0. The Bertz CT molecular complexity index is 589. The lowest BCUT2D eigenvalue weighted by Crippen LogP contribution is -2.43. The first kappa shape index (κ1) is 8.28. The summed E-state index contributed by atoms with van der Waals surface area (Å²) in [6.07, 6.45) is 2.97. The van der Waals surface area contributed by atoms with Crippen LogP contribution < -0.4 is 4.74 Å². The van der Waals surface area contributed by atoms with Gasteiger partial charge in [0.05, 0.1) is 16.8 Å². The molecule has 0 saturated heterocycles. The molecular formula is C16H25NO2. The summed E-state index contributed by atoms with van der Waals surface area (Å²) < 4.78 is 49.1. The molecule has 3 heteroatoms. The monoisotopic (exact) mass is 269 g/mol. The van der Waals surface area contributed by atoms with Crippen molar-refractivity contribution in [2.24, 2.45) is 5.92 Å². The largest absolute Gasteiger partial charge is 0.497 e. The maximum absolute atomic E-state index is 11.3. The summed E-state index contributed by atoms with van der Waals surface area (Å²) in [6.45, 7) is -1.98. The van der Waals surface area contributed by atoms with E-state index in [0.29, 0.717) is 18.4 Å². The van der Waals surface area contributed by atoms with Gasteiger partial charge in [0.25, 0.3) is 0 Å². The Kier molecular flexibility index (Phi) is 2.58. The molecule has 0 aromatic heterocycles. The van der Waals surface area contributed by atoms with Gasteiger partial charge in [-0.3, -0.25) is 0 Å². The van der Waals surface area contributed by atoms with Gasteiger partial charge in [0.15, 0.2) is 0 Å². The number of ether oxygens (including phenoxy) is 1. The Balaban J connectivity index is 2.28. The highest BCUT2D eigenvalue weighted by Crippen LogP contribution is 2.42. The van der Waals surface area contributed by atoms with Gasteiger partial charge in [0, 0.05) is 16.6 Å². The average Bonchev–Trinajstić information content (AvgIpc) is 2.47. The normalized spacial score (nSPS) is 33.5. The fourth-order valence-corrected chi connectivity index (χ4v) is 3.01. The van der Waals surface area contributed by atoms with E-state index in [0.717, 1.165) is 12.8 Å². The SMILES string of the molecule is [2H]C([2H])([2H])Oc1cccc([C@]2(O)CCCC[C@H]2CN(C)C([2H])([2H])[2H])c1. The van der Waals surface area contributed by atoms with Gasteiger partial charge in [-0.05, 0) is 44.6 Å². The lowest BCUT2D eigenvalue weighted by Gasteiger charge is -2.41. The van der Waals surface area contributed by atoms with Crippen LogP contribution in [0.15, 0.2) is 24.3 Å². The van der Waals surface area contributed by atoms with Crippen molar-refractivity contribution in [1.82, 2.24) is 4.90 Å². The van der Waals surface area contributed by atoms with E-state index < -0.39 is 19.6 Å². The van der Waals surface area contributed by atoms with E-state index in [1.54, 1.807) is 18.2 Å². The molecule has 106 valence electrons. The fourth-order valence-electron chi connectivity index (χ4n) is 3.01. The molecule has 0 spiro atoms. The molecule has 1 fully saturated rings. The van der Waals surface area contributed by atoms with Crippen LogP contribution >= 0.6 is 0 Å². The third kappa shape index (κ3) is 3.10. The van der Waals surface area contributed by atoms with Crippen molar-refractivity contribution in [2.45, 2.75) is 31.3 Å². The molecule has 19 heavy (non-hydrogen) atoms. The highest BCUT2D eigenvalue weighted by molar-refractivity contribution is 5.33. The summed E-state index contributed by atoms with van der Waals surface area (Å²) in [5.41, 5.74) is -0.635. The maximum atomic E-state index is 11.3. The van der Waals surface area contributed by atoms with Crippen LogP contribution in [0.5, 0.6) is 5.75 Å². The van der Waals surface area contributed by atoms with E-state index in [4.69, 9.17) is 13.0 Å². The van der Waals surface area contributed by atoms with Gasteiger partial charge < -0.3 is 14.7 Å². The zero-order chi connectivity index (χ0) is 18.9. The first-order valence-electron chi connectivity index (χ1n) is 9.65. The topological polar surface area (TPSA) is 32.7 Å². The van der Waals surface area contributed by atoms with Crippen molar-refractivity contribution in [3.63, 3.8) is 0 Å². The minimum absolute atomic E-state index is 0.166. The molecule has 0 heterocycles. The minimum Gasteiger partial charge on any atom is -0.497 e. The number of aliphatic hydroxyl groups is 1. The summed E-state index contributed by atoms with van der Waals surface area (Å²) in [5.74, 6) is -0.0888. The van der Waals surface area contributed by atoms with Crippen molar-refractivity contribution >= 4 is 0 Å². The van der Waals surface area contributed by atoms with E-state index in [-0.39, 0.29) is 18.2 Å². The van der Waals surface area contributed by atoms with Gasteiger partial charge in [-0.15, -0.1) is 0 Å². The molecule has 1 saturated carbocycles. The van der Waals surface area contributed by atoms with E-state index in [1.165, 1.54) is 18.0 Å². The third-order valence-electron chi connectivity index (χ3n) is 3.98. The number of nitrogens with zero attached hydrogens (tertiary/aromatic N) is 1. The predicted octanol–water partition coefficient (Wildman–Crippen LogP) is 2.63. The maximum Gasteiger partial charge on any atom is 0.119 e. The lowest BCUT2D eigenvalue weighted by molar-refractivity contribution is -0.0619. The molecule has 0 unspecified atom stereocenters. The Morgan fingerprint density at radius 1 is 1.53 bits per heavy atom. The Hall–Kier alpha value is -1.06. The second-order valence-electron chi connectivity index (χ2n) is 5.38. The minimum atomic E-state index is -2.56. The number of methoxy groups -OCH3 is 1. The van der Waals surface area contributed by atoms with Gasteiger partial charge in [0.2, 0.25) is 0 Å². The van der Waals surface area contributed by atoms with Crippen LogP contribution in [0.2, 0.25) is 0 Å². The second kappa shape index (κ2) is 5.93. The van der Waals surface area contributed by atoms with Gasteiger partial charge >= 0.3 is 0 Å². The van der Waals surface area contributed by atoms with Crippen molar-refractivity contribution in [3.05, 3.63) is 29.8 Å². The third-order valence-corrected chi connectivity index (χ3v) is 3.98. The van der Waals surface area contributed by atoms with Gasteiger partial charge in [0.1, 0.15) is 5.75 Å². The van der Waals surface area contributed by atoms with E-state index in [9.17, 15) is 5.11 Å². The Morgan fingerprint density at radius 3 is 3.21 bits per heavy atom. The van der Waals surface area contributed by atoms with Gasteiger partial charge in [-0.2, -0.15) is 0 Å². The van der Waals surface area contributed by atoms with Crippen molar-refractivity contribution in [3.8, 4) is 5.75 Å². The molecule has 1 aliphatic rings.